The summed E-state index contributed by atoms with van der Waals surface area (Å²) in [6.45, 7) is 7.32. The van der Waals surface area contributed by atoms with Gasteiger partial charge in [0.25, 0.3) is 0 Å². The fourth-order valence-electron chi connectivity index (χ4n) is 3.82. The van der Waals surface area contributed by atoms with E-state index in [9.17, 15) is 0 Å². The van der Waals surface area contributed by atoms with Gasteiger partial charge in [-0.05, 0) is 30.9 Å². The van der Waals surface area contributed by atoms with Crippen LogP contribution < -0.4 is 9.80 Å². The van der Waals surface area contributed by atoms with Crippen molar-refractivity contribution in [2.45, 2.75) is 19.3 Å². The molecule has 2 aliphatic rings. The molecule has 5 heteroatoms. The number of benzene rings is 1. The van der Waals surface area contributed by atoms with Crippen molar-refractivity contribution in [2.24, 2.45) is 0 Å². The second kappa shape index (κ2) is 9.00. The van der Waals surface area contributed by atoms with Crippen LogP contribution in [0, 0.1) is 0 Å². The highest BCUT2D eigenvalue weighted by Gasteiger charge is 2.19. The normalized spacial score (nSPS) is 19.0. The summed E-state index contributed by atoms with van der Waals surface area (Å²) in [5, 5.41) is 0. The van der Waals surface area contributed by atoms with Gasteiger partial charge in [-0.25, -0.2) is 4.98 Å². The quantitative estimate of drug-likeness (QED) is 0.814. The smallest absolute Gasteiger partial charge is 0.227 e. The van der Waals surface area contributed by atoms with Gasteiger partial charge in [0.15, 0.2) is 0 Å². The average Bonchev–Trinajstić information content (AvgIpc) is 2.76. The minimum atomic E-state index is 0.887. The van der Waals surface area contributed by atoms with Crippen LogP contribution in [0.4, 0.5) is 11.8 Å². The molecular weight excluding hydrogens is 334 g/mol. The van der Waals surface area contributed by atoms with Crippen molar-refractivity contribution in [3.8, 4) is 0 Å². The number of hydrogen-bond donors (Lipinski definition) is 0. The number of hydrogen-bond acceptors (Lipinski definition) is 5. The van der Waals surface area contributed by atoms with E-state index in [1.165, 1.54) is 24.8 Å². The van der Waals surface area contributed by atoms with Crippen LogP contribution in [0.2, 0.25) is 0 Å². The third-order valence-electron chi connectivity index (χ3n) is 5.44. The molecule has 2 aromatic rings. The van der Waals surface area contributed by atoms with Gasteiger partial charge in [-0.3, -0.25) is 4.90 Å². The Hall–Kier alpha value is -2.40. The van der Waals surface area contributed by atoms with E-state index in [1.807, 2.05) is 6.20 Å². The summed E-state index contributed by atoms with van der Waals surface area (Å²) in [7, 11) is 0. The first-order chi connectivity index (χ1) is 13.4. The van der Waals surface area contributed by atoms with E-state index in [0.29, 0.717) is 0 Å². The summed E-state index contributed by atoms with van der Waals surface area (Å²) in [5.74, 6) is 1.98. The molecule has 0 aliphatic carbocycles. The van der Waals surface area contributed by atoms with Crippen LogP contribution in [-0.4, -0.2) is 60.7 Å². The predicted molar refractivity (Wildman–Crippen MR) is 112 cm³/mol. The van der Waals surface area contributed by atoms with Gasteiger partial charge in [-0.1, -0.05) is 42.5 Å². The van der Waals surface area contributed by atoms with Gasteiger partial charge in [0.1, 0.15) is 5.82 Å². The Bertz CT molecular complexity index is 731. The zero-order valence-corrected chi connectivity index (χ0v) is 16.0. The van der Waals surface area contributed by atoms with Crippen LogP contribution in [0.3, 0.4) is 0 Å². The Morgan fingerprint density at radius 2 is 1.59 bits per heavy atom. The molecule has 0 radical (unpaired) electrons. The molecule has 142 valence electrons. The monoisotopic (exact) mass is 363 g/mol. The van der Waals surface area contributed by atoms with Crippen molar-refractivity contribution >= 4 is 17.8 Å². The zero-order valence-electron chi connectivity index (χ0n) is 16.0. The number of nitrogens with zero attached hydrogens (tertiary/aromatic N) is 5. The highest BCUT2D eigenvalue weighted by Crippen LogP contribution is 2.20. The zero-order chi connectivity index (χ0) is 18.3. The van der Waals surface area contributed by atoms with Crippen molar-refractivity contribution in [1.82, 2.24) is 14.9 Å². The summed E-state index contributed by atoms with van der Waals surface area (Å²) < 4.78 is 0. The van der Waals surface area contributed by atoms with Crippen LogP contribution >= 0.6 is 0 Å². The lowest BCUT2D eigenvalue weighted by Gasteiger charge is -2.35. The molecule has 2 fully saturated rings. The molecule has 3 heterocycles. The van der Waals surface area contributed by atoms with Crippen molar-refractivity contribution in [3.63, 3.8) is 0 Å². The van der Waals surface area contributed by atoms with E-state index < -0.39 is 0 Å². The first-order valence-electron chi connectivity index (χ1n) is 10.2. The maximum Gasteiger partial charge on any atom is 0.227 e. The van der Waals surface area contributed by atoms with Crippen LogP contribution in [0.15, 0.2) is 48.7 Å². The van der Waals surface area contributed by atoms with E-state index in [4.69, 9.17) is 4.98 Å². The summed E-state index contributed by atoms with van der Waals surface area (Å²) >= 11 is 0. The standard InChI is InChI=1S/C22H29N5/c1-3-8-20(9-4-1)10-7-13-25-16-18-27(19-17-25)22-23-12-11-21(24-22)26-14-5-2-6-15-26/h1,3-4,7-12H,2,5-6,13-19H2/b10-7+. The number of anilines is 2. The molecule has 2 saturated heterocycles. The fraction of sp³-hybridized carbons (Fsp3) is 0.455. The Labute approximate surface area is 162 Å². The third kappa shape index (κ3) is 4.86. The minimum absolute atomic E-state index is 0.887. The predicted octanol–water partition coefficient (Wildman–Crippen LogP) is 3.30. The molecule has 0 N–H and O–H groups in total. The third-order valence-corrected chi connectivity index (χ3v) is 5.44. The molecule has 0 unspecified atom stereocenters. The summed E-state index contributed by atoms with van der Waals surface area (Å²) in [6, 6.07) is 12.5. The molecule has 1 aromatic carbocycles. The molecular formula is C22H29N5. The summed E-state index contributed by atoms with van der Waals surface area (Å²) in [5.41, 5.74) is 1.26. The van der Waals surface area contributed by atoms with Gasteiger partial charge < -0.3 is 9.80 Å². The molecule has 0 bridgehead atoms. The van der Waals surface area contributed by atoms with Crippen molar-refractivity contribution < 1.29 is 0 Å². The fourth-order valence-corrected chi connectivity index (χ4v) is 3.82. The maximum absolute atomic E-state index is 4.86. The van der Waals surface area contributed by atoms with Gasteiger partial charge >= 0.3 is 0 Å². The number of piperidine rings is 1. The molecule has 27 heavy (non-hydrogen) atoms. The molecule has 5 nitrogen and oxygen atoms in total. The average molecular weight is 364 g/mol. The first kappa shape index (κ1) is 18.0. The van der Waals surface area contributed by atoms with Gasteiger partial charge in [-0.2, -0.15) is 4.98 Å². The minimum Gasteiger partial charge on any atom is -0.356 e. The molecule has 4 rings (SSSR count). The van der Waals surface area contributed by atoms with E-state index in [-0.39, 0.29) is 0 Å². The van der Waals surface area contributed by atoms with Crippen LogP contribution in [0.1, 0.15) is 24.8 Å². The second-order valence-electron chi connectivity index (χ2n) is 7.36. The molecule has 0 spiro atoms. The molecule has 0 amide bonds. The van der Waals surface area contributed by atoms with E-state index in [2.05, 4.69) is 68.2 Å². The van der Waals surface area contributed by atoms with Crippen molar-refractivity contribution in [1.29, 1.82) is 0 Å². The summed E-state index contributed by atoms with van der Waals surface area (Å²) in [4.78, 5) is 16.6. The Kier molecular flexibility index (Phi) is 5.99. The number of piperazine rings is 1. The Balaban J connectivity index is 1.29. The highest BCUT2D eigenvalue weighted by atomic mass is 15.3. The van der Waals surface area contributed by atoms with Gasteiger partial charge in [-0.15, -0.1) is 0 Å². The van der Waals surface area contributed by atoms with Crippen LogP contribution in [-0.2, 0) is 0 Å². The second-order valence-corrected chi connectivity index (χ2v) is 7.36. The van der Waals surface area contributed by atoms with E-state index >= 15 is 0 Å². The van der Waals surface area contributed by atoms with Gasteiger partial charge in [0.05, 0.1) is 0 Å². The molecule has 0 saturated carbocycles. The van der Waals surface area contributed by atoms with E-state index in [0.717, 1.165) is 57.6 Å². The Morgan fingerprint density at radius 3 is 2.37 bits per heavy atom. The first-order valence-corrected chi connectivity index (χ1v) is 10.2. The number of aromatic nitrogens is 2. The number of rotatable bonds is 5. The largest absolute Gasteiger partial charge is 0.356 e. The summed E-state index contributed by atoms with van der Waals surface area (Å²) in [6.07, 6.45) is 10.3. The molecule has 2 aliphatic heterocycles. The molecule has 0 atom stereocenters. The van der Waals surface area contributed by atoms with Gasteiger partial charge in [0, 0.05) is 52.0 Å². The maximum atomic E-state index is 4.86. The van der Waals surface area contributed by atoms with Crippen molar-refractivity contribution in [2.75, 3.05) is 55.6 Å². The topological polar surface area (TPSA) is 35.5 Å². The molecule has 1 aromatic heterocycles. The lowest BCUT2D eigenvalue weighted by atomic mass is 10.1. The lowest BCUT2D eigenvalue weighted by molar-refractivity contribution is 0.283. The SMILES string of the molecule is C(=C\c1ccccc1)/CN1CCN(c2nccc(N3CCCCC3)n2)CC1. The highest BCUT2D eigenvalue weighted by molar-refractivity contribution is 5.49. The van der Waals surface area contributed by atoms with Crippen molar-refractivity contribution in [3.05, 3.63) is 54.2 Å². The van der Waals surface area contributed by atoms with Crippen LogP contribution in [0.5, 0.6) is 0 Å². The Morgan fingerprint density at radius 1 is 0.815 bits per heavy atom. The van der Waals surface area contributed by atoms with E-state index in [1.54, 1.807) is 0 Å². The van der Waals surface area contributed by atoms with Crippen LogP contribution in [0.25, 0.3) is 6.08 Å². The van der Waals surface area contributed by atoms with Gasteiger partial charge in [0.2, 0.25) is 5.95 Å². The lowest BCUT2D eigenvalue weighted by Crippen LogP contribution is -2.47.